The van der Waals surface area contributed by atoms with E-state index in [1.807, 2.05) is 0 Å². The van der Waals surface area contributed by atoms with Crippen LogP contribution in [0.15, 0.2) is 9.95 Å². The number of hydrogen-bond donors (Lipinski definition) is 0. The Labute approximate surface area is 162 Å². The van der Waals surface area contributed by atoms with E-state index >= 15 is 0 Å². The Balaban J connectivity index is 2.08. The molecule has 1 aliphatic carbocycles. The van der Waals surface area contributed by atoms with Gasteiger partial charge >= 0.3 is 0 Å². The van der Waals surface area contributed by atoms with Gasteiger partial charge < -0.3 is 4.90 Å². The van der Waals surface area contributed by atoms with Gasteiger partial charge in [0.05, 0.1) is 11.1 Å². The largest absolute Gasteiger partial charge is 0.348 e. The predicted octanol–water partition coefficient (Wildman–Crippen LogP) is 3.42. The van der Waals surface area contributed by atoms with Crippen LogP contribution in [0, 0.1) is 11.8 Å². The molecule has 0 fully saturated rings. The molecule has 0 spiro atoms. The van der Waals surface area contributed by atoms with Crippen molar-refractivity contribution in [3.8, 4) is 0 Å². The molecule has 1 atom stereocenters. The van der Waals surface area contributed by atoms with Crippen LogP contribution in [0.4, 0.5) is 0 Å². The van der Waals surface area contributed by atoms with Gasteiger partial charge in [-0.05, 0) is 36.7 Å². The van der Waals surface area contributed by atoms with Crippen molar-refractivity contribution in [2.45, 2.75) is 51.7 Å². The fourth-order valence-corrected chi connectivity index (χ4v) is 5.71. The Bertz CT molecular complexity index is 883. The first-order valence-electron chi connectivity index (χ1n) is 9.16. The average molecular weight is 394 g/mol. The minimum absolute atomic E-state index is 0.0275. The Kier molecular flexibility index (Phi) is 5.77. The van der Waals surface area contributed by atoms with Crippen molar-refractivity contribution in [1.29, 1.82) is 0 Å². The Morgan fingerprint density at radius 3 is 2.81 bits per heavy atom. The van der Waals surface area contributed by atoms with Crippen molar-refractivity contribution in [3.63, 3.8) is 0 Å². The lowest BCUT2D eigenvalue weighted by molar-refractivity contribution is -0.125. The van der Waals surface area contributed by atoms with E-state index in [1.54, 1.807) is 34.9 Å². The summed E-state index contributed by atoms with van der Waals surface area (Å²) in [5.41, 5.74) is 1.29. The highest BCUT2D eigenvalue weighted by atomic mass is 32.2. The van der Waals surface area contributed by atoms with Crippen LogP contribution in [-0.2, 0) is 24.2 Å². The van der Waals surface area contributed by atoms with Crippen LogP contribution >= 0.6 is 23.1 Å². The van der Waals surface area contributed by atoms with Crippen LogP contribution in [0.3, 0.4) is 0 Å². The van der Waals surface area contributed by atoms with Crippen LogP contribution in [0.25, 0.3) is 10.2 Å². The molecule has 0 N–H and O–H groups in total. The molecule has 3 rings (SSSR count). The molecule has 2 aromatic rings. The molecule has 1 aliphatic rings. The number of rotatable bonds is 5. The SMILES string of the molecule is CC(C)Cn1c(SCC(=O)N(C)C)nc2sc3c(c2c1=O)CCC(C)C3. The number of aromatic nitrogens is 2. The zero-order valence-corrected chi connectivity index (χ0v) is 17.8. The number of aryl methyl sites for hydroxylation is 1. The highest BCUT2D eigenvalue weighted by Gasteiger charge is 2.25. The molecule has 1 amide bonds. The summed E-state index contributed by atoms with van der Waals surface area (Å²) in [6.45, 7) is 7.09. The lowest BCUT2D eigenvalue weighted by Gasteiger charge is -2.18. The van der Waals surface area contributed by atoms with Gasteiger partial charge in [0.2, 0.25) is 5.91 Å². The summed E-state index contributed by atoms with van der Waals surface area (Å²) < 4.78 is 1.78. The summed E-state index contributed by atoms with van der Waals surface area (Å²) in [7, 11) is 3.49. The second-order valence-corrected chi connectivity index (χ2v) is 9.84. The molecule has 5 nitrogen and oxygen atoms in total. The molecule has 142 valence electrons. The molecule has 0 aliphatic heterocycles. The monoisotopic (exact) mass is 393 g/mol. The molecule has 2 aromatic heterocycles. The highest BCUT2D eigenvalue weighted by Crippen LogP contribution is 2.36. The first-order chi connectivity index (χ1) is 12.3. The number of nitrogens with zero attached hydrogens (tertiary/aromatic N) is 3. The van der Waals surface area contributed by atoms with Crippen LogP contribution in [-0.4, -0.2) is 40.2 Å². The molecule has 0 saturated carbocycles. The van der Waals surface area contributed by atoms with E-state index in [-0.39, 0.29) is 11.5 Å². The van der Waals surface area contributed by atoms with Crippen molar-refractivity contribution in [3.05, 3.63) is 20.8 Å². The maximum absolute atomic E-state index is 13.3. The van der Waals surface area contributed by atoms with Gasteiger partial charge in [-0.1, -0.05) is 32.5 Å². The fraction of sp³-hybridized carbons (Fsp3) is 0.632. The molecule has 7 heteroatoms. The van der Waals surface area contributed by atoms with Gasteiger partial charge in [-0.25, -0.2) is 4.98 Å². The van der Waals surface area contributed by atoms with Crippen LogP contribution in [0.1, 0.15) is 37.6 Å². The number of hydrogen-bond acceptors (Lipinski definition) is 5. The summed E-state index contributed by atoms with van der Waals surface area (Å²) in [5, 5.41) is 1.49. The quantitative estimate of drug-likeness (QED) is 0.577. The van der Waals surface area contributed by atoms with Gasteiger partial charge in [0.25, 0.3) is 5.56 Å². The summed E-state index contributed by atoms with van der Waals surface area (Å²) in [6, 6.07) is 0. The van der Waals surface area contributed by atoms with Crippen molar-refractivity contribution >= 4 is 39.2 Å². The number of thioether (sulfide) groups is 1. The maximum Gasteiger partial charge on any atom is 0.263 e. The fourth-order valence-electron chi connectivity index (χ4n) is 3.30. The summed E-state index contributed by atoms with van der Waals surface area (Å²) in [6.07, 6.45) is 3.15. The van der Waals surface area contributed by atoms with Crippen LogP contribution in [0.2, 0.25) is 0 Å². The Morgan fingerprint density at radius 1 is 1.42 bits per heavy atom. The molecule has 0 bridgehead atoms. The topological polar surface area (TPSA) is 55.2 Å². The van der Waals surface area contributed by atoms with E-state index < -0.39 is 0 Å². The second-order valence-electron chi connectivity index (χ2n) is 7.81. The van der Waals surface area contributed by atoms with E-state index in [4.69, 9.17) is 4.98 Å². The van der Waals surface area contributed by atoms with Gasteiger partial charge in [0.1, 0.15) is 4.83 Å². The smallest absolute Gasteiger partial charge is 0.263 e. The zero-order chi connectivity index (χ0) is 19.0. The summed E-state index contributed by atoms with van der Waals surface area (Å²) >= 11 is 3.04. The molecule has 2 heterocycles. The maximum atomic E-state index is 13.3. The third-order valence-corrected chi connectivity index (χ3v) is 6.86. The highest BCUT2D eigenvalue weighted by molar-refractivity contribution is 7.99. The minimum atomic E-state index is 0.0275. The second kappa shape index (κ2) is 7.72. The van der Waals surface area contributed by atoms with E-state index in [0.717, 1.165) is 29.5 Å². The van der Waals surface area contributed by atoms with E-state index in [0.29, 0.717) is 29.3 Å². The number of thiophene rings is 1. The summed E-state index contributed by atoms with van der Waals surface area (Å²) in [5.74, 6) is 1.33. The van der Waals surface area contributed by atoms with Crippen molar-refractivity contribution in [2.75, 3.05) is 19.8 Å². The molecular weight excluding hydrogens is 366 g/mol. The van der Waals surface area contributed by atoms with Crippen LogP contribution < -0.4 is 5.56 Å². The lowest BCUT2D eigenvalue weighted by Crippen LogP contribution is -2.27. The van der Waals surface area contributed by atoms with Gasteiger partial charge in [-0.15, -0.1) is 11.3 Å². The molecule has 0 saturated heterocycles. The number of carbonyl (C=O) groups is 1. The van der Waals surface area contributed by atoms with E-state index in [1.165, 1.54) is 22.2 Å². The van der Waals surface area contributed by atoms with Gasteiger partial charge in [0.15, 0.2) is 5.16 Å². The van der Waals surface area contributed by atoms with Crippen molar-refractivity contribution in [1.82, 2.24) is 14.5 Å². The molecule has 0 aromatic carbocycles. The van der Waals surface area contributed by atoms with E-state index in [9.17, 15) is 9.59 Å². The normalized spacial score (nSPS) is 16.9. The Hall–Kier alpha value is -1.34. The molecule has 1 unspecified atom stereocenters. The number of fused-ring (bicyclic) bond motifs is 3. The predicted molar refractivity (Wildman–Crippen MR) is 109 cm³/mol. The Morgan fingerprint density at radius 2 is 2.15 bits per heavy atom. The van der Waals surface area contributed by atoms with Crippen molar-refractivity contribution < 1.29 is 4.79 Å². The van der Waals surface area contributed by atoms with Gasteiger partial charge in [-0.3, -0.25) is 14.2 Å². The lowest BCUT2D eigenvalue weighted by atomic mass is 9.89. The third kappa shape index (κ3) is 3.83. The van der Waals surface area contributed by atoms with E-state index in [2.05, 4.69) is 20.8 Å². The first kappa shape index (κ1) is 19.4. The number of amides is 1. The standard InChI is InChI=1S/C19H27N3O2S2/c1-11(2)9-22-18(24)16-13-7-6-12(3)8-14(13)26-17(16)20-19(22)25-10-15(23)21(4)5/h11-12H,6-10H2,1-5H3. The zero-order valence-electron chi connectivity index (χ0n) is 16.2. The summed E-state index contributed by atoms with van der Waals surface area (Å²) in [4.78, 5) is 33.8. The van der Waals surface area contributed by atoms with Gasteiger partial charge in [-0.2, -0.15) is 0 Å². The molecule has 0 radical (unpaired) electrons. The van der Waals surface area contributed by atoms with Gasteiger partial charge in [0, 0.05) is 25.5 Å². The molecular formula is C19H27N3O2S2. The molecule has 26 heavy (non-hydrogen) atoms. The average Bonchev–Trinajstić information content (AvgIpc) is 2.92. The number of carbonyl (C=O) groups excluding carboxylic acids is 1. The third-order valence-electron chi connectivity index (χ3n) is 4.75. The van der Waals surface area contributed by atoms with Crippen molar-refractivity contribution in [2.24, 2.45) is 11.8 Å². The van der Waals surface area contributed by atoms with Crippen LogP contribution in [0.5, 0.6) is 0 Å². The first-order valence-corrected chi connectivity index (χ1v) is 11.0. The minimum Gasteiger partial charge on any atom is -0.348 e.